The fourth-order valence-corrected chi connectivity index (χ4v) is 3.99. The molecule has 3 rings (SSSR count). The molecular formula is C21H20N2O3S2. The van der Waals surface area contributed by atoms with Crippen LogP contribution in [0, 0.1) is 6.92 Å². The summed E-state index contributed by atoms with van der Waals surface area (Å²) in [7, 11) is 1.59. The van der Waals surface area contributed by atoms with E-state index < -0.39 is 0 Å². The highest BCUT2D eigenvalue weighted by molar-refractivity contribution is 8.26. The highest BCUT2D eigenvalue weighted by Gasteiger charge is 2.32. The number of hydrogen-bond acceptors (Lipinski definition) is 5. The Balaban J connectivity index is 1.63. The Kier molecular flexibility index (Phi) is 6.49. The molecule has 1 aliphatic rings. The number of nitrogens with zero attached hydrogens (tertiary/aromatic N) is 1. The summed E-state index contributed by atoms with van der Waals surface area (Å²) in [6, 6.07) is 15.0. The number of carbonyl (C=O) groups is 2. The molecule has 0 unspecified atom stereocenters. The molecule has 1 saturated heterocycles. The normalized spacial score (nSPS) is 15.2. The van der Waals surface area contributed by atoms with Crippen molar-refractivity contribution in [1.29, 1.82) is 0 Å². The third-order valence-corrected chi connectivity index (χ3v) is 5.57. The molecule has 0 saturated carbocycles. The lowest BCUT2D eigenvalue weighted by Crippen LogP contribution is -2.31. The van der Waals surface area contributed by atoms with Crippen LogP contribution in [0.4, 0.5) is 5.69 Å². The molecule has 7 heteroatoms. The van der Waals surface area contributed by atoms with Crippen molar-refractivity contribution in [2.75, 3.05) is 19.0 Å². The number of hydrogen-bond donors (Lipinski definition) is 1. The summed E-state index contributed by atoms with van der Waals surface area (Å²) in [5, 5.41) is 2.83. The summed E-state index contributed by atoms with van der Waals surface area (Å²) in [6.07, 6.45) is 1.94. The van der Waals surface area contributed by atoms with Crippen molar-refractivity contribution in [3.63, 3.8) is 0 Å². The molecule has 1 fully saturated rings. The third kappa shape index (κ3) is 4.79. The summed E-state index contributed by atoms with van der Waals surface area (Å²) >= 11 is 6.57. The van der Waals surface area contributed by atoms with E-state index in [0.29, 0.717) is 15.0 Å². The minimum absolute atomic E-state index is 0.161. The van der Waals surface area contributed by atoms with E-state index in [1.165, 1.54) is 16.7 Å². The minimum atomic E-state index is -0.191. The van der Waals surface area contributed by atoms with Gasteiger partial charge in [0.2, 0.25) is 5.91 Å². The lowest BCUT2D eigenvalue weighted by molar-refractivity contribution is -0.122. The number of thiocarbonyl (C=S) groups is 1. The maximum atomic E-state index is 12.7. The Labute approximate surface area is 173 Å². The number of rotatable bonds is 6. The molecule has 28 heavy (non-hydrogen) atoms. The second-order valence-corrected chi connectivity index (χ2v) is 7.92. The van der Waals surface area contributed by atoms with Crippen molar-refractivity contribution in [1.82, 2.24) is 4.90 Å². The summed E-state index contributed by atoms with van der Waals surface area (Å²) in [4.78, 5) is 26.9. The monoisotopic (exact) mass is 412 g/mol. The predicted molar refractivity (Wildman–Crippen MR) is 117 cm³/mol. The van der Waals surface area contributed by atoms with E-state index in [9.17, 15) is 9.59 Å². The Morgan fingerprint density at radius 2 is 1.93 bits per heavy atom. The number of ether oxygens (including phenoxy) is 1. The van der Waals surface area contributed by atoms with Crippen molar-refractivity contribution < 1.29 is 14.3 Å². The van der Waals surface area contributed by atoms with Crippen molar-refractivity contribution in [3.05, 3.63) is 64.6 Å². The predicted octanol–water partition coefficient (Wildman–Crippen LogP) is 4.23. The quantitative estimate of drug-likeness (QED) is 0.568. The zero-order valence-electron chi connectivity index (χ0n) is 15.6. The maximum Gasteiger partial charge on any atom is 0.266 e. The van der Waals surface area contributed by atoms with Gasteiger partial charge in [0.05, 0.1) is 12.0 Å². The second-order valence-electron chi connectivity index (χ2n) is 6.24. The van der Waals surface area contributed by atoms with E-state index in [1.807, 2.05) is 55.5 Å². The first-order valence-electron chi connectivity index (χ1n) is 8.73. The average molecular weight is 413 g/mol. The van der Waals surface area contributed by atoms with Crippen LogP contribution in [0.3, 0.4) is 0 Å². The van der Waals surface area contributed by atoms with E-state index >= 15 is 0 Å². The minimum Gasteiger partial charge on any atom is -0.496 e. The molecule has 5 nitrogen and oxygen atoms in total. The van der Waals surface area contributed by atoms with Gasteiger partial charge in [0.1, 0.15) is 10.1 Å². The lowest BCUT2D eigenvalue weighted by atomic mass is 10.2. The number of nitrogens with one attached hydrogen (secondary N) is 1. The van der Waals surface area contributed by atoms with Gasteiger partial charge in [0.25, 0.3) is 5.91 Å². The molecule has 1 aliphatic heterocycles. The zero-order chi connectivity index (χ0) is 20.1. The Hall–Kier alpha value is -2.64. The maximum absolute atomic E-state index is 12.7. The fraction of sp³-hybridized carbons (Fsp3) is 0.190. The van der Waals surface area contributed by atoms with Crippen LogP contribution in [0.2, 0.25) is 0 Å². The number of aryl methyl sites for hydroxylation is 1. The molecule has 1 heterocycles. The molecule has 2 aromatic rings. The number of para-hydroxylation sites is 1. The summed E-state index contributed by atoms with van der Waals surface area (Å²) in [5.41, 5.74) is 2.66. The van der Waals surface area contributed by atoms with Crippen LogP contribution in [0.15, 0.2) is 53.4 Å². The largest absolute Gasteiger partial charge is 0.496 e. The molecule has 144 valence electrons. The van der Waals surface area contributed by atoms with Crippen molar-refractivity contribution >= 4 is 51.9 Å². The Bertz CT molecular complexity index is 939. The van der Waals surface area contributed by atoms with Gasteiger partial charge in [-0.2, -0.15) is 0 Å². The van der Waals surface area contributed by atoms with Crippen LogP contribution in [0.5, 0.6) is 5.75 Å². The van der Waals surface area contributed by atoms with Crippen LogP contribution in [-0.4, -0.2) is 34.7 Å². The van der Waals surface area contributed by atoms with Gasteiger partial charge < -0.3 is 10.1 Å². The van der Waals surface area contributed by atoms with Crippen LogP contribution < -0.4 is 10.1 Å². The number of amides is 2. The first-order valence-corrected chi connectivity index (χ1v) is 9.95. The second kappa shape index (κ2) is 9.03. The van der Waals surface area contributed by atoms with Crippen molar-refractivity contribution in [2.24, 2.45) is 0 Å². The molecule has 0 aromatic heterocycles. The van der Waals surface area contributed by atoms with E-state index in [4.69, 9.17) is 17.0 Å². The van der Waals surface area contributed by atoms with Crippen LogP contribution in [-0.2, 0) is 9.59 Å². The van der Waals surface area contributed by atoms with Gasteiger partial charge in [0, 0.05) is 24.2 Å². The molecule has 1 N–H and O–H groups in total. The standard InChI is InChI=1S/C21H20N2O3S2/c1-14-7-9-16(10-8-14)22-19(24)11-12-23-20(25)18(28-21(23)27)13-15-5-3-4-6-17(15)26-2/h3-10,13H,11-12H2,1-2H3,(H,22,24)/b18-13-. The van der Waals surface area contributed by atoms with Crippen LogP contribution in [0.25, 0.3) is 6.08 Å². The molecule has 0 aliphatic carbocycles. The Morgan fingerprint density at radius 3 is 2.64 bits per heavy atom. The van der Waals surface area contributed by atoms with Gasteiger partial charge in [-0.05, 0) is 31.2 Å². The number of methoxy groups -OCH3 is 1. The third-order valence-electron chi connectivity index (χ3n) is 4.20. The van der Waals surface area contributed by atoms with Gasteiger partial charge in [-0.1, -0.05) is 59.9 Å². The Morgan fingerprint density at radius 1 is 1.21 bits per heavy atom. The molecule has 0 radical (unpaired) electrons. The molecule has 2 amide bonds. The summed E-state index contributed by atoms with van der Waals surface area (Å²) < 4.78 is 5.78. The number of benzene rings is 2. The van der Waals surface area contributed by atoms with E-state index in [2.05, 4.69) is 5.32 Å². The molecule has 2 aromatic carbocycles. The van der Waals surface area contributed by atoms with Gasteiger partial charge in [-0.15, -0.1) is 0 Å². The zero-order valence-corrected chi connectivity index (χ0v) is 17.2. The topological polar surface area (TPSA) is 58.6 Å². The van der Waals surface area contributed by atoms with Crippen LogP contribution in [0.1, 0.15) is 17.5 Å². The lowest BCUT2D eigenvalue weighted by Gasteiger charge is -2.14. The highest BCUT2D eigenvalue weighted by atomic mass is 32.2. The number of thioether (sulfide) groups is 1. The summed E-state index contributed by atoms with van der Waals surface area (Å²) in [6.45, 7) is 2.23. The number of carbonyl (C=O) groups excluding carboxylic acids is 2. The molecule has 0 spiro atoms. The van der Waals surface area contributed by atoms with Gasteiger partial charge in [0.15, 0.2) is 0 Å². The first kappa shape index (κ1) is 20.1. The highest BCUT2D eigenvalue weighted by Crippen LogP contribution is 2.34. The van der Waals surface area contributed by atoms with E-state index in [0.717, 1.165) is 16.8 Å². The van der Waals surface area contributed by atoms with E-state index in [-0.39, 0.29) is 24.8 Å². The van der Waals surface area contributed by atoms with Crippen molar-refractivity contribution in [3.8, 4) is 5.75 Å². The SMILES string of the molecule is COc1ccccc1/C=C1\SC(=S)N(CCC(=O)Nc2ccc(C)cc2)C1=O. The first-order chi connectivity index (χ1) is 13.5. The van der Waals surface area contributed by atoms with Crippen LogP contribution >= 0.6 is 24.0 Å². The van der Waals surface area contributed by atoms with Gasteiger partial charge in [-0.25, -0.2) is 0 Å². The number of anilines is 1. The smallest absolute Gasteiger partial charge is 0.266 e. The van der Waals surface area contributed by atoms with E-state index in [1.54, 1.807) is 13.2 Å². The molecule has 0 bridgehead atoms. The average Bonchev–Trinajstić information content (AvgIpc) is 2.95. The molecule has 0 atom stereocenters. The fourth-order valence-electron chi connectivity index (χ4n) is 2.69. The van der Waals surface area contributed by atoms with Gasteiger partial charge >= 0.3 is 0 Å². The molecular weight excluding hydrogens is 392 g/mol. The van der Waals surface area contributed by atoms with Gasteiger partial charge in [-0.3, -0.25) is 14.5 Å². The summed E-state index contributed by atoms with van der Waals surface area (Å²) in [5.74, 6) is 0.334. The van der Waals surface area contributed by atoms with Crippen molar-refractivity contribution in [2.45, 2.75) is 13.3 Å².